The molecule has 1 N–H and O–H groups in total. The van der Waals surface area contributed by atoms with E-state index in [9.17, 15) is 5.11 Å². The molecule has 1 atom stereocenters. The molecular weight excluding hydrogens is 227 g/mol. The van der Waals surface area contributed by atoms with Gasteiger partial charge in [0.05, 0.1) is 0 Å². The molecule has 0 aliphatic rings. The Kier molecular flexibility index (Phi) is 6.58. The predicted octanol–water partition coefficient (Wildman–Crippen LogP) is 4.45. The molecule has 0 fully saturated rings. The zero-order valence-electron chi connectivity index (χ0n) is 11.1. The summed E-state index contributed by atoms with van der Waals surface area (Å²) in [6.45, 7) is 4.38. The molecular formula is C15H25OP. The van der Waals surface area contributed by atoms with Gasteiger partial charge in [-0.1, -0.05) is 38.8 Å². The van der Waals surface area contributed by atoms with E-state index in [-0.39, 0.29) is 0 Å². The Bertz CT molecular complexity index is 318. The SMILES string of the molecule is CCCCc1cc(CP)cc(CCCC)c1O. The van der Waals surface area contributed by atoms with Crippen LogP contribution in [0.15, 0.2) is 12.1 Å². The number of unbranched alkanes of at least 4 members (excludes halogenated alkanes) is 2. The van der Waals surface area contributed by atoms with Gasteiger partial charge in [0.15, 0.2) is 0 Å². The lowest BCUT2D eigenvalue weighted by molar-refractivity contribution is 0.458. The largest absolute Gasteiger partial charge is 0.507 e. The quantitative estimate of drug-likeness (QED) is 0.711. The smallest absolute Gasteiger partial charge is 0.121 e. The third-order valence-electron chi connectivity index (χ3n) is 3.16. The maximum atomic E-state index is 10.3. The van der Waals surface area contributed by atoms with Crippen molar-refractivity contribution in [2.45, 2.75) is 58.5 Å². The molecule has 17 heavy (non-hydrogen) atoms. The Hall–Kier alpha value is -0.550. The molecule has 0 amide bonds. The zero-order valence-corrected chi connectivity index (χ0v) is 12.3. The van der Waals surface area contributed by atoms with Crippen molar-refractivity contribution in [2.75, 3.05) is 0 Å². The number of aryl methyl sites for hydroxylation is 2. The highest BCUT2D eigenvalue weighted by Crippen LogP contribution is 2.28. The van der Waals surface area contributed by atoms with Gasteiger partial charge >= 0.3 is 0 Å². The highest BCUT2D eigenvalue weighted by Gasteiger charge is 2.09. The average molecular weight is 252 g/mol. The number of benzene rings is 1. The van der Waals surface area contributed by atoms with Crippen LogP contribution in [0.4, 0.5) is 0 Å². The van der Waals surface area contributed by atoms with Gasteiger partial charge in [-0.15, -0.1) is 9.24 Å². The third-order valence-corrected chi connectivity index (χ3v) is 3.63. The maximum absolute atomic E-state index is 10.3. The lowest BCUT2D eigenvalue weighted by Gasteiger charge is -2.12. The first-order valence-corrected chi connectivity index (χ1v) is 7.58. The molecule has 0 heterocycles. The number of hydrogen-bond acceptors (Lipinski definition) is 1. The van der Waals surface area contributed by atoms with Crippen molar-refractivity contribution in [1.82, 2.24) is 0 Å². The molecule has 1 aromatic carbocycles. The first-order chi connectivity index (χ1) is 8.22. The molecule has 1 rings (SSSR count). The number of aromatic hydroxyl groups is 1. The summed E-state index contributed by atoms with van der Waals surface area (Å²) in [6, 6.07) is 4.32. The van der Waals surface area contributed by atoms with Crippen LogP contribution in [0.2, 0.25) is 0 Å². The Morgan fingerprint density at radius 2 is 1.47 bits per heavy atom. The van der Waals surface area contributed by atoms with Crippen LogP contribution in [0, 0.1) is 0 Å². The molecule has 96 valence electrons. The van der Waals surface area contributed by atoms with Crippen LogP contribution in [0.1, 0.15) is 56.2 Å². The summed E-state index contributed by atoms with van der Waals surface area (Å²) in [7, 11) is 2.77. The van der Waals surface area contributed by atoms with Crippen LogP contribution in [0.5, 0.6) is 5.75 Å². The molecule has 1 unspecified atom stereocenters. The van der Waals surface area contributed by atoms with Crippen molar-refractivity contribution in [2.24, 2.45) is 0 Å². The summed E-state index contributed by atoms with van der Waals surface area (Å²) < 4.78 is 0. The van der Waals surface area contributed by atoms with Crippen molar-refractivity contribution >= 4 is 9.24 Å². The van der Waals surface area contributed by atoms with Crippen molar-refractivity contribution in [3.63, 3.8) is 0 Å². The van der Waals surface area contributed by atoms with Crippen molar-refractivity contribution in [1.29, 1.82) is 0 Å². The fourth-order valence-electron chi connectivity index (χ4n) is 2.07. The fraction of sp³-hybridized carbons (Fsp3) is 0.600. The molecule has 0 saturated heterocycles. The number of phenolic OH excluding ortho intramolecular Hbond substituents is 1. The van der Waals surface area contributed by atoms with Gasteiger partial charge in [0.1, 0.15) is 5.75 Å². The summed E-state index contributed by atoms with van der Waals surface area (Å²) in [5.74, 6) is 0.550. The average Bonchev–Trinajstić information content (AvgIpc) is 2.36. The number of phenols is 1. The molecule has 1 nitrogen and oxygen atoms in total. The second-order valence-corrected chi connectivity index (χ2v) is 5.08. The van der Waals surface area contributed by atoms with E-state index >= 15 is 0 Å². The van der Waals surface area contributed by atoms with Crippen LogP contribution in [0.3, 0.4) is 0 Å². The van der Waals surface area contributed by atoms with Crippen LogP contribution < -0.4 is 0 Å². The highest BCUT2D eigenvalue weighted by atomic mass is 31.0. The summed E-state index contributed by atoms with van der Waals surface area (Å²) in [6.07, 6.45) is 7.63. The van der Waals surface area contributed by atoms with E-state index in [1.807, 2.05) is 0 Å². The molecule has 0 radical (unpaired) electrons. The molecule has 0 aromatic heterocycles. The topological polar surface area (TPSA) is 20.2 Å². The second kappa shape index (κ2) is 7.71. The predicted molar refractivity (Wildman–Crippen MR) is 78.7 cm³/mol. The second-order valence-electron chi connectivity index (χ2n) is 4.67. The van der Waals surface area contributed by atoms with Gasteiger partial charge in [-0.3, -0.25) is 0 Å². The first-order valence-electron chi connectivity index (χ1n) is 6.76. The summed E-state index contributed by atoms with van der Waals surface area (Å²) in [4.78, 5) is 0. The minimum atomic E-state index is 0.550. The lowest BCUT2D eigenvalue weighted by Crippen LogP contribution is -1.95. The number of hydrogen-bond donors (Lipinski definition) is 1. The van der Waals surface area contributed by atoms with Crippen LogP contribution in [0.25, 0.3) is 0 Å². The van der Waals surface area contributed by atoms with Gasteiger partial charge in [0, 0.05) is 0 Å². The molecule has 1 aromatic rings. The summed E-state index contributed by atoms with van der Waals surface area (Å²) >= 11 is 0. The Morgan fingerprint density at radius 3 is 1.82 bits per heavy atom. The van der Waals surface area contributed by atoms with E-state index in [4.69, 9.17) is 0 Å². The summed E-state index contributed by atoms with van der Waals surface area (Å²) in [5.41, 5.74) is 3.60. The zero-order chi connectivity index (χ0) is 12.7. The van der Waals surface area contributed by atoms with E-state index < -0.39 is 0 Å². The van der Waals surface area contributed by atoms with Crippen molar-refractivity contribution in [3.05, 3.63) is 28.8 Å². The fourth-order valence-corrected chi connectivity index (χ4v) is 2.30. The molecule has 0 aliphatic heterocycles. The monoisotopic (exact) mass is 252 g/mol. The van der Waals surface area contributed by atoms with E-state index in [2.05, 4.69) is 35.2 Å². The van der Waals surface area contributed by atoms with Crippen molar-refractivity contribution in [3.8, 4) is 5.75 Å². The van der Waals surface area contributed by atoms with Crippen LogP contribution >= 0.6 is 9.24 Å². The minimum absolute atomic E-state index is 0.550. The van der Waals surface area contributed by atoms with Gasteiger partial charge in [0.2, 0.25) is 0 Å². The summed E-state index contributed by atoms with van der Waals surface area (Å²) in [5, 5.41) is 10.3. The van der Waals surface area contributed by atoms with Crippen molar-refractivity contribution < 1.29 is 5.11 Å². The van der Waals surface area contributed by atoms with E-state index in [1.54, 1.807) is 0 Å². The Labute approximate surface area is 108 Å². The van der Waals surface area contributed by atoms with E-state index in [1.165, 1.54) is 18.4 Å². The first kappa shape index (κ1) is 14.5. The van der Waals surface area contributed by atoms with Gasteiger partial charge in [-0.25, -0.2) is 0 Å². The lowest BCUT2D eigenvalue weighted by atomic mass is 9.97. The molecule has 0 spiro atoms. The van der Waals surface area contributed by atoms with Gasteiger partial charge < -0.3 is 5.11 Å². The molecule has 0 bridgehead atoms. The highest BCUT2D eigenvalue weighted by molar-refractivity contribution is 7.15. The number of rotatable bonds is 7. The van der Waals surface area contributed by atoms with E-state index in [0.717, 1.165) is 43.0 Å². The van der Waals surface area contributed by atoms with Crippen LogP contribution in [-0.4, -0.2) is 5.11 Å². The maximum Gasteiger partial charge on any atom is 0.121 e. The molecule has 0 saturated carbocycles. The van der Waals surface area contributed by atoms with Gasteiger partial charge in [-0.2, -0.15) is 0 Å². The molecule has 0 aliphatic carbocycles. The standard InChI is InChI=1S/C15H25OP/c1-3-5-7-13-9-12(11-17)10-14(15(13)16)8-6-4-2/h9-10,16H,3-8,11,17H2,1-2H3. The Balaban J connectivity index is 2.94. The van der Waals surface area contributed by atoms with Gasteiger partial charge in [0.25, 0.3) is 0 Å². The van der Waals surface area contributed by atoms with Crippen LogP contribution in [-0.2, 0) is 19.0 Å². The minimum Gasteiger partial charge on any atom is -0.507 e. The normalized spacial score (nSPS) is 10.8. The Morgan fingerprint density at radius 1 is 1.00 bits per heavy atom. The van der Waals surface area contributed by atoms with E-state index in [0.29, 0.717) is 5.75 Å². The molecule has 2 heteroatoms. The van der Waals surface area contributed by atoms with Gasteiger partial charge in [-0.05, 0) is 48.5 Å². The third kappa shape index (κ3) is 4.32.